The molecule has 0 amide bonds. The third kappa shape index (κ3) is 12.9. The summed E-state index contributed by atoms with van der Waals surface area (Å²) >= 11 is 0. The van der Waals surface area contributed by atoms with Crippen molar-refractivity contribution >= 4 is 5.97 Å². The number of carboxylic acids is 1. The van der Waals surface area contributed by atoms with Crippen LogP contribution in [0.15, 0.2) is 12.1 Å². The van der Waals surface area contributed by atoms with Crippen LogP contribution in [0.4, 0.5) is 171 Å². The number of rotatable bonds is 31. The lowest BCUT2D eigenvalue weighted by molar-refractivity contribution is -0.440. The van der Waals surface area contributed by atoms with Gasteiger partial charge in [0.05, 0.1) is 25.4 Å². The molecule has 0 atom stereocenters. The fourth-order valence-electron chi connectivity index (χ4n) is 5.82. The predicted octanol–water partition coefficient (Wildman–Crippen LogP) is 17.2. The van der Waals surface area contributed by atoms with Gasteiger partial charge in [0.15, 0.2) is 11.5 Å². The number of carbonyl (C=O) groups is 1. The van der Waals surface area contributed by atoms with Crippen molar-refractivity contribution in [1.29, 1.82) is 0 Å². The minimum atomic E-state index is -8.36. The van der Waals surface area contributed by atoms with E-state index in [1.54, 1.807) is 0 Å². The highest BCUT2D eigenvalue weighted by Crippen LogP contribution is 2.64. The predicted molar refractivity (Wildman–Crippen MR) is 184 cm³/mol. The Balaban J connectivity index is 3.64. The molecule has 1 N–H and O–H groups in total. The Morgan fingerprint density at radius 3 is 0.691 bits per heavy atom. The van der Waals surface area contributed by atoms with Gasteiger partial charge in [-0.1, -0.05) is 0 Å². The highest BCUT2D eigenvalue weighted by Gasteiger charge is 2.93. The summed E-state index contributed by atoms with van der Waals surface area (Å²) in [6, 6.07) is 0.177. The number of alkyl halides is 39. The van der Waals surface area contributed by atoms with Crippen molar-refractivity contribution in [1.82, 2.24) is 0 Å². The highest BCUT2D eigenvalue weighted by atomic mass is 19.5. The molecule has 0 aliphatic heterocycles. The molecular formula is C37H27F39O5. The van der Waals surface area contributed by atoms with Gasteiger partial charge in [-0.25, -0.2) is 4.79 Å². The van der Waals surface area contributed by atoms with E-state index in [4.69, 9.17) is 14.2 Å². The molecule has 1 aromatic carbocycles. The van der Waals surface area contributed by atoms with Gasteiger partial charge in [-0.2, -0.15) is 171 Å². The van der Waals surface area contributed by atoms with E-state index in [1.165, 1.54) is 0 Å². The minimum Gasteiger partial charge on any atom is -0.490 e. The molecule has 0 aliphatic rings. The zero-order valence-electron chi connectivity index (χ0n) is 38.0. The van der Waals surface area contributed by atoms with E-state index in [2.05, 4.69) is 0 Å². The molecule has 0 aromatic heterocycles. The van der Waals surface area contributed by atoms with Gasteiger partial charge in [-0.3, -0.25) is 0 Å². The zero-order valence-corrected chi connectivity index (χ0v) is 38.0. The second-order valence-electron chi connectivity index (χ2n) is 16.5. The smallest absolute Gasteiger partial charge is 0.460 e. The average Bonchev–Trinajstić information content (AvgIpc) is 3.26. The van der Waals surface area contributed by atoms with Crippen LogP contribution in [0.25, 0.3) is 0 Å². The maximum absolute atomic E-state index is 14.3. The van der Waals surface area contributed by atoms with Gasteiger partial charge in [0.2, 0.25) is 5.75 Å². The Bertz CT molecular complexity index is 2170. The number of aromatic carboxylic acids is 1. The molecule has 1 rings (SSSR count). The lowest BCUT2D eigenvalue weighted by Gasteiger charge is -2.39. The first-order chi connectivity index (χ1) is 35.3. The fourth-order valence-corrected chi connectivity index (χ4v) is 5.82. The van der Waals surface area contributed by atoms with Gasteiger partial charge in [0, 0.05) is 19.3 Å². The van der Waals surface area contributed by atoms with E-state index >= 15 is 0 Å². The molecule has 0 spiro atoms. The first-order valence-electron chi connectivity index (χ1n) is 20.5. The zero-order chi connectivity index (χ0) is 64.9. The molecule has 0 unspecified atom stereocenters. The first kappa shape index (κ1) is 74.4. The van der Waals surface area contributed by atoms with Gasteiger partial charge >= 0.3 is 113 Å². The van der Waals surface area contributed by atoms with Crippen LogP contribution in [-0.2, 0) is 0 Å². The second-order valence-corrected chi connectivity index (χ2v) is 16.5. The van der Waals surface area contributed by atoms with E-state index in [0.717, 1.165) is 0 Å². The quantitative estimate of drug-likeness (QED) is 0.0593. The van der Waals surface area contributed by atoms with Crippen LogP contribution in [0, 0.1) is 0 Å². The van der Waals surface area contributed by atoms with E-state index < -0.39 is 214 Å². The molecule has 0 aliphatic carbocycles. The summed E-state index contributed by atoms with van der Waals surface area (Å²) in [5.74, 6) is -125. The van der Waals surface area contributed by atoms with Crippen molar-refractivity contribution < 1.29 is 195 Å². The van der Waals surface area contributed by atoms with E-state index in [-0.39, 0.29) is 12.1 Å². The molecule has 0 saturated carbocycles. The molecule has 0 saturated heterocycles. The van der Waals surface area contributed by atoms with Crippen molar-refractivity contribution in [2.75, 3.05) is 19.8 Å². The number of halogens is 39. The number of unbranched alkanes of at least 4 members (excludes halogenated alkanes) is 3. The molecule has 0 heterocycles. The molecule has 0 radical (unpaired) electrons. The van der Waals surface area contributed by atoms with Crippen LogP contribution in [0.5, 0.6) is 17.2 Å². The fraction of sp³-hybridized carbons (Fsp3) is 0.811. The van der Waals surface area contributed by atoms with E-state index in [1.807, 2.05) is 0 Å². The summed E-state index contributed by atoms with van der Waals surface area (Å²) in [5, 5.41) is 9.45. The monoisotopic (exact) mass is 1290 g/mol. The van der Waals surface area contributed by atoms with Gasteiger partial charge in [0.25, 0.3) is 0 Å². The Hall–Kier alpha value is -4.64. The summed E-state index contributed by atoms with van der Waals surface area (Å²) in [6.45, 7) is -4.68. The maximum atomic E-state index is 14.3. The number of hydrogen-bond acceptors (Lipinski definition) is 4. The van der Waals surface area contributed by atoms with Crippen LogP contribution in [0.1, 0.15) is 68.1 Å². The molecule has 5 nitrogen and oxygen atoms in total. The summed E-state index contributed by atoms with van der Waals surface area (Å²) < 4.78 is 540. The van der Waals surface area contributed by atoms with Gasteiger partial charge in [-0.05, 0) is 50.7 Å². The SMILES string of the molecule is O=C(O)c1cc(OCCCCC(F)(F)C(F)(F)C(F)(F)C(F)(F)C(F)(F)C(F)(F)F)c(OCCCCC(F)(F)C(F)(F)C(F)(F)C(F)(F)C(F)(F)C(F)(F)F)c(OCCCCC(F)(F)C(F)(F)C(F)(F)C(F)(F)C(F)(F)C(F)(F)F)c1. The van der Waals surface area contributed by atoms with Crippen LogP contribution in [0.2, 0.25) is 0 Å². The Labute approximate surface area is 421 Å². The lowest BCUT2D eigenvalue weighted by Crippen LogP contribution is -2.70. The van der Waals surface area contributed by atoms with E-state index in [0.29, 0.717) is 0 Å². The van der Waals surface area contributed by atoms with Crippen LogP contribution < -0.4 is 14.2 Å². The average molecular weight is 1290 g/mol. The summed E-state index contributed by atoms with van der Waals surface area (Å²) in [4.78, 5) is 11.8. The molecule has 1 aromatic rings. The van der Waals surface area contributed by atoms with Crippen LogP contribution in [0.3, 0.4) is 0 Å². The van der Waals surface area contributed by atoms with Crippen molar-refractivity contribution in [2.45, 2.75) is 165 Å². The number of benzene rings is 1. The summed E-state index contributed by atoms with van der Waals surface area (Å²) in [7, 11) is 0. The molecule has 0 bridgehead atoms. The van der Waals surface area contributed by atoms with Gasteiger partial charge < -0.3 is 19.3 Å². The first-order valence-corrected chi connectivity index (χ1v) is 20.5. The normalized spacial score (nSPS) is 15.5. The van der Waals surface area contributed by atoms with Crippen LogP contribution >= 0.6 is 0 Å². The molecule has 0 fully saturated rings. The molecular weight excluding hydrogens is 1270 g/mol. The van der Waals surface area contributed by atoms with E-state index in [9.17, 15) is 181 Å². The van der Waals surface area contributed by atoms with Crippen molar-refractivity contribution in [3.63, 3.8) is 0 Å². The molecule has 478 valence electrons. The summed E-state index contributed by atoms with van der Waals surface area (Å²) in [5.41, 5.74) is -1.32. The largest absolute Gasteiger partial charge is 0.490 e. The van der Waals surface area contributed by atoms with Crippen molar-refractivity contribution in [2.24, 2.45) is 0 Å². The van der Waals surface area contributed by atoms with Crippen molar-refractivity contribution in [3.05, 3.63) is 17.7 Å². The highest BCUT2D eigenvalue weighted by molar-refractivity contribution is 5.89. The Morgan fingerprint density at radius 2 is 0.494 bits per heavy atom. The topological polar surface area (TPSA) is 65.0 Å². The standard InChI is InChI=1S/C37H27F39O5/c38-20(39,23(44,45)26(50,51)29(56,57)32(62,63)35(68,69)70)7-1-4-10-79-16-13-15(19(77)78)14-17(80-11-5-2-8-21(40,41)24(46,47)27(52,53)30(58,59)33(64,65)36(71,72)73)18(16)81-12-6-3-9-22(42,43)25(48,49)28(54,55)31(60,61)34(66,67)37(74,75)76/h13-14H,1-12H2,(H,77,78). The molecule has 81 heavy (non-hydrogen) atoms. The third-order valence-corrected chi connectivity index (χ3v) is 10.7. The second kappa shape index (κ2) is 22.7. The lowest BCUT2D eigenvalue weighted by atomic mass is 9.92. The summed E-state index contributed by atoms with van der Waals surface area (Å²) in [6.07, 6.45) is -42.2. The Morgan fingerprint density at radius 1 is 0.296 bits per heavy atom. The van der Waals surface area contributed by atoms with Gasteiger partial charge in [-0.15, -0.1) is 0 Å². The van der Waals surface area contributed by atoms with Crippen molar-refractivity contribution in [3.8, 4) is 17.2 Å². The number of hydrogen-bond donors (Lipinski definition) is 1. The minimum absolute atomic E-state index is 0.0886. The maximum Gasteiger partial charge on any atom is 0.460 e. The molecule has 44 heteroatoms. The number of ether oxygens (including phenoxy) is 3. The Kier molecular flexibility index (Phi) is 20.9. The van der Waals surface area contributed by atoms with Gasteiger partial charge in [0.1, 0.15) is 0 Å². The number of carboxylic acid groups (broad SMARTS) is 1. The van der Waals surface area contributed by atoms with Crippen LogP contribution in [-0.4, -0.2) is 138 Å². The third-order valence-electron chi connectivity index (χ3n) is 10.7.